The number of nitrogens with zero attached hydrogens (tertiary/aromatic N) is 2. The van der Waals surface area contributed by atoms with Gasteiger partial charge in [0.15, 0.2) is 0 Å². The molecular formula is C18H16N2O2S. The molecule has 0 saturated carbocycles. The predicted molar refractivity (Wildman–Crippen MR) is 89.6 cm³/mol. The number of nitriles is 1. The quantitative estimate of drug-likeness (QED) is 0.736. The van der Waals surface area contributed by atoms with Crippen molar-refractivity contribution in [3.05, 3.63) is 65.9 Å². The molecule has 0 bridgehead atoms. The molecule has 5 heteroatoms. The average molecular weight is 324 g/mol. The molecule has 1 heterocycles. The Morgan fingerprint density at radius 2 is 1.78 bits per heavy atom. The number of aromatic nitrogens is 1. The minimum atomic E-state index is -3.69. The molecule has 0 radical (unpaired) electrons. The van der Waals surface area contributed by atoms with Gasteiger partial charge in [-0.05, 0) is 31.2 Å². The highest BCUT2D eigenvalue weighted by atomic mass is 32.2. The lowest BCUT2D eigenvalue weighted by molar-refractivity contribution is 0.587. The summed E-state index contributed by atoms with van der Waals surface area (Å²) in [5.41, 5.74) is 2.28. The number of hydrogen-bond acceptors (Lipinski definition) is 3. The van der Waals surface area contributed by atoms with Gasteiger partial charge in [0.2, 0.25) is 0 Å². The molecule has 0 aliphatic heterocycles. The van der Waals surface area contributed by atoms with Crippen LogP contribution in [-0.4, -0.2) is 12.4 Å². The summed E-state index contributed by atoms with van der Waals surface area (Å²) in [5, 5.41) is 9.69. The van der Waals surface area contributed by atoms with Crippen LogP contribution in [0.5, 0.6) is 0 Å². The third-order valence-electron chi connectivity index (χ3n) is 3.79. The number of hydrogen-bond donors (Lipinski definition) is 0. The van der Waals surface area contributed by atoms with E-state index in [1.807, 2.05) is 31.2 Å². The lowest BCUT2D eigenvalue weighted by Gasteiger charge is -2.11. The van der Waals surface area contributed by atoms with Crippen molar-refractivity contribution in [3.63, 3.8) is 0 Å². The van der Waals surface area contributed by atoms with Gasteiger partial charge < -0.3 is 0 Å². The fourth-order valence-corrected chi connectivity index (χ4v) is 4.21. The number of benzene rings is 2. The summed E-state index contributed by atoms with van der Waals surface area (Å²) in [7, 11) is -3.69. The maximum Gasteiger partial charge on any atom is 0.268 e. The van der Waals surface area contributed by atoms with Crippen LogP contribution in [0.1, 0.15) is 17.7 Å². The Bertz CT molecular complexity index is 994. The van der Waals surface area contributed by atoms with Gasteiger partial charge in [-0.3, -0.25) is 0 Å². The molecule has 0 amide bonds. The third-order valence-corrected chi connectivity index (χ3v) is 5.57. The van der Waals surface area contributed by atoms with E-state index in [2.05, 4.69) is 6.07 Å². The third kappa shape index (κ3) is 2.73. The molecule has 3 aromatic rings. The summed E-state index contributed by atoms with van der Waals surface area (Å²) < 4.78 is 27.5. The number of aryl methyl sites for hydroxylation is 2. The zero-order valence-electron chi connectivity index (χ0n) is 12.7. The van der Waals surface area contributed by atoms with E-state index in [0.717, 1.165) is 10.9 Å². The van der Waals surface area contributed by atoms with Gasteiger partial charge in [0.05, 0.1) is 16.5 Å². The number of para-hydroxylation sites is 1. The zero-order valence-corrected chi connectivity index (χ0v) is 13.5. The van der Waals surface area contributed by atoms with Crippen LogP contribution in [-0.2, 0) is 16.4 Å². The monoisotopic (exact) mass is 324 g/mol. The number of fused-ring (bicyclic) bond motifs is 1. The molecule has 0 aliphatic carbocycles. The first kappa shape index (κ1) is 15.3. The van der Waals surface area contributed by atoms with Crippen molar-refractivity contribution in [2.75, 3.05) is 0 Å². The van der Waals surface area contributed by atoms with Crippen LogP contribution >= 0.6 is 0 Å². The molecule has 2 aromatic carbocycles. The van der Waals surface area contributed by atoms with E-state index < -0.39 is 10.0 Å². The molecule has 0 N–H and O–H groups in total. The van der Waals surface area contributed by atoms with E-state index in [9.17, 15) is 8.42 Å². The normalized spacial score (nSPS) is 11.5. The van der Waals surface area contributed by atoms with E-state index in [0.29, 0.717) is 17.6 Å². The Morgan fingerprint density at radius 1 is 1.09 bits per heavy atom. The summed E-state index contributed by atoms with van der Waals surface area (Å²) in [6, 6.07) is 18.1. The Hall–Kier alpha value is -2.58. The van der Waals surface area contributed by atoms with Gasteiger partial charge in [-0.2, -0.15) is 5.26 Å². The Balaban J connectivity index is 2.24. The smallest absolute Gasteiger partial charge is 0.238 e. The van der Waals surface area contributed by atoms with Crippen LogP contribution in [0.3, 0.4) is 0 Å². The topological polar surface area (TPSA) is 62.9 Å². The molecule has 0 atom stereocenters. The first-order valence-corrected chi connectivity index (χ1v) is 8.76. The molecule has 3 rings (SSSR count). The summed E-state index contributed by atoms with van der Waals surface area (Å²) in [4.78, 5) is 0.252. The van der Waals surface area contributed by atoms with Gasteiger partial charge in [-0.25, -0.2) is 12.4 Å². The second-order valence-corrected chi connectivity index (χ2v) is 7.22. The zero-order chi connectivity index (χ0) is 16.4. The van der Waals surface area contributed by atoms with Crippen molar-refractivity contribution in [2.24, 2.45) is 0 Å². The van der Waals surface area contributed by atoms with Gasteiger partial charge >= 0.3 is 0 Å². The van der Waals surface area contributed by atoms with Crippen LogP contribution in [0.25, 0.3) is 10.9 Å². The van der Waals surface area contributed by atoms with E-state index in [4.69, 9.17) is 5.26 Å². The van der Waals surface area contributed by atoms with Gasteiger partial charge in [0.25, 0.3) is 10.0 Å². The lowest BCUT2D eigenvalue weighted by Crippen LogP contribution is -2.15. The number of rotatable bonds is 4. The molecule has 116 valence electrons. The first-order valence-electron chi connectivity index (χ1n) is 7.32. The summed E-state index contributed by atoms with van der Waals surface area (Å²) in [5.74, 6) is 0. The van der Waals surface area contributed by atoms with Gasteiger partial charge in [0, 0.05) is 23.9 Å². The van der Waals surface area contributed by atoms with Crippen molar-refractivity contribution in [1.29, 1.82) is 5.26 Å². The highest BCUT2D eigenvalue weighted by Gasteiger charge is 2.22. The Morgan fingerprint density at radius 3 is 2.48 bits per heavy atom. The summed E-state index contributed by atoms with van der Waals surface area (Å²) >= 11 is 0. The maximum absolute atomic E-state index is 13.1. The van der Waals surface area contributed by atoms with Crippen molar-refractivity contribution < 1.29 is 8.42 Å². The minimum Gasteiger partial charge on any atom is -0.238 e. The Labute approximate surface area is 135 Å². The molecule has 0 saturated heterocycles. The fraction of sp³-hybridized carbons (Fsp3) is 0.167. The molecule has 0 spiro atoms. The standard InChI is InChI=1S/C18H16N2O2S/c1-14-8-10-17(11-9-14)23(21,22)20-16(6-4-12-19)13-15-5-2-3-7-18(15)20/h2-3,5,7-11,13H,4,6H2,1H3. The predicted octanol–water partition coefficient (Wildman–Crippen LogP) is 3.64. The van der Waals surface area contributed by atoms with E-state index in [-0.39, 0.29) is 11.3 Å². The molecule has 4 nitrogen and oxygen atoms in total. The van der Waals surface area contributed by atoms with Crippen LogP contribution in [0.4, 0.5) is 0 Å². The minimum absolute atomic E-state index is 0.252. The van der Waals surface area contributed by atoms with Crippen LogP contribution in [0.15, 0.2) is 59.5 Å². The second kappa shape index (κ2) is 5.90. The lowest BCUT2D eigenvalue weighted by atomic mass is 10.2. The first-order chi connectivity index (χ1) is 11.0. The average Bonchev–Trinajstić information content (AvgIpc) is 2.92. The molecule has 1 aromatic heterocycles. The highest BCUT2D eigenvalue weighted by Crippen LogP contribution is 2.26. The van der Waals surface area contributed by atoms with E-state index >= 15 is 0 Å². The van der Waals surface area contributed by atoms with Crippen molar-refractivity contribution in [2.45, 2.75) is 24.7 Å². The largest absolute Gasteiger partial charge is 0.268 e. The van der Waals surface area contributed by atoms with Crippen LogP contribution < -0.4 is 0 Å². The van der Waals surface area contributed by atoms with E-state index in [1.54, 1.807) is 30.3 Å². The fourth-order valence-electron chi connectivity index (χ4n) is 2.64. The van der Waals surface area contributed by atoms with Crippen molar-refractivity contribution >= 4 is 20.9 Å². The SMILES string of the molecule is Cc1ccc(S(=O)(=O)n2c(CCC#N)cc3ccccc32)cc1. The summed E-state index contributed by atoms with van der Waals surface area (Å²) in [6.45, 7) is 1.92. The summed E-state index contributed by atoms with van der Waals surface area (Å²) in [6.07, 6.45) is 0.677. The van der Waals surface area contributed by atoms with Gasteiger partial charge in [-0.1, -0.05) is 35.9 Å². The second-order valence-electron chi connectivity index (χ2n) is 5.44. The molecule has 0 aliphatic rings. The van der Waals surface area contributed by atoms with Gasteiger partial charge in [-0.15, -0.1) is 0 Å². The highest BCUT2D eigenvalue weighted by molar-refractivity contribution is 7.90. The Kier molecular flexibility index (Phi) is 3.93. The molecule has 23 heavy (non-hydrogen) atoms. The van der Waals surface area contributed by atoms with Gasteiger partial charge in [0.1, 0.15) is 0 Å². The molecule has 0 fully saturated rings. The van der Waals surface area contributed by atoms with E-state index in [1.165, 1.54) is 3.97 Å². The van der Waals surface area contributed by atoms with Crippen LogP contribution in [0, 0.1) is 18.3 Å². The van der Waals surface area contributed by atoms with Crippen LogP contribution in [0.2, 0.25) is 0 Å². The van der Waals surface area contributed by atoms with Crippen molar-refractivity contribution in [1.82, 2.24) is 3.97 Å². The molecular weight excluding hydrogens is 308 g/mol. The van der Waals surface area contributed by atoms with Crippen molar-refractivity contribution in [3.8, 4) is 6.07 Å². The maximum atomic E-state index is 13.1. The molecule has 0 unspecified atom stereocenters.